The van der Waals surface area contributed by atoms with Crippen LogP contribution in [0.5, 0.6) is 5.75 Å². The van der Waals surface area contributed by atoms with Gasteiger partial charge in [0, 0.05) is 8.59 Å². The summed E-state index contributed by atoms with van der Waals surface area (Å²) < 4.78 is 6.36. The zero-order chi connectivity index (χ0) is 13.1. The molecule has 94 valence electrons. The Hall–Kier alpha value is -1.14. The van der Waals surface area contributed by atoms with Gasteiger partial charge in [0.25, 0.3) is 0 Å². The highest BCUT2D eigenvalue weighted by atomic mass is 127. The molecule has 0 saturated heterocycles. The zero-order valence-corrected chi connectivity index (χ0v) is 12.6. The minimum Gasteiger partial charge on any atom is -0.495 e. The Balaban J connectivity index is 2.36. The first-order chi connectivity index (χ1) is 8.60. The number of ether oxygens (including phenoxy) is 1. The van der Waals surface area contributed by atoms with Crippen LogP contribution in [0.4, 0.5) is 17.1 Å². The molecule has 0 saturated carbocycles. The summed E-state index contributed by atoms with van der Waals surface area (Å²) in [5.41, 5.74) is 8.26. The first-order valence-corrected chi connectivity index (χ1v) is 6.71. The number of nitrogen functional groups attached to an aromatic ring is 1. The fraction of sp³-hybridized carbons (Fsp3) is 0.0769. The molecule has 0 aliphatic rings. The fourth-order valence-corrected chi connectivity index (χ4v) is 2.26. The van der Waals surface area contributed by atoms with Crippen molar-refractivity contribution >= 4 is 51.3 Å². The lowest BCUT2D eigenvalue weighted by Crippen LogP contribution is -1.98. The third-order valence-corrected chi connectivity index (χ3v) is 3.35. The summed E-state index contributed by atoms with van der Waals surface area (Å²) in [5.74, 6) is 0.720. The molecule has 0 unspecified atom stereocenters. The minimum atomic E-state index is 0.641. The lowest BCUT2D eigenvalue weighted by atomic mass is 10.2. The second-order valence-electron chi connectivity index (χ2n) is 3.70. The maximum Gasteiger partial charge on any atom is 0.142 e. The van der Waals surface area contributed by atoms with Gasteiger partial charge in [0.15, 0.2) is 0 Å². The number of nitrogens with one attached hydrogen (secondary N) is 1. The molecule has 2 aromatic carbocycles. The summed E-state index contributed by atoms with van der Waals surface area (Å²) in [5, 5.41) is 3.86. The van der Waals surface area contributed by atoms with E-state index in [0.717, 1.165) is 20.7 Å². The van der Waals surface area contributed by atoms with Gasteiger partial charge in [0.2, 0.25) is 0 Å². The molecule has 0 bridgehead atoms. The summed E-state index contributed by atoms with van der Waals surface area (Å²) in [6.45, 7) is 0. The van der Waals surface area contributed by atoms with Gasteiger partial charge in [0.1, 0.15) is 5.75 Å². The van der Waals surface area contributed by atoms with Crippen molar-refractivity contribution < 1.29 is 4.74 Å². The quantitative estimate of drug-likeness (QED) is 0.623. The van der Waals surface area contributed by atoms with Crippen LogP contribution in [0.1, 0.15) is 0 Å². The lowest BCUT2D eigenvalue weighted by molar-refractivity contribution is 0.417. The molecule has 0 amide bonds. The van der Waals surface area contributed by atoms with Crippen molar-refractivity contribution in [2.24, 2.45) is 0 Å². The van der Waals surface area contributed by atoms with E-state index in [9.17, 15) is 0 Å². The molecule has 0 aliphatic carbocycles. The van der Waals surface area contributed by atoms with Crippen LogP contribution in [0.2, 0.25) is 5.02 Å². The Kier molecular flexibility index (Phi) is 4.19. The average Bonchev–Trinajstić information content (AvgIpc) is 2.33. The van der Waals surface area contributed by atoms with Crippen molar-refractivity contribution in [2.75, 3.05) is 18.2 Å². The molecule has 0 fully saturated rings. The van der Waals surface area contributed by atoms with Gasteiger partial charge in [-0.3, -0.25) is 0 Å². The number of hydrogen-bond acceptors (Lipinski definition) is 3. The van der Waals surface area contributed by atoms with Crippen LogP contribution in [0.25, 0.3) is 0 Å². The predicted octanol–water partition coefficient (Wildman–Crippen LogP) is 4.28. The molecule has 0 aliphatic heterocycles. The predicted molar refractivity (Wildman–Crippen MR) is 84.9 cm³/mol. The van der Waals surface area contributed by atoms with Gasteiger partial charge < -0.3 is 15.8 Å². The van der Waals surface area contributed by atoms with Crippen LogP contribution in [0.3, 0.4) is 0 Å². The van der Waals surface area contributed by atoms with Crippen molar-refractivity contribution in [3.63, 3.8) is 0 Å². The number of hydrogen-bond donors (Lipinski definition) is 2. The van der Waals surface area contributed by atoms with E-state index in [4.69, 9.17) is 22.1 Å². The summed E-state index contributed by atoms with van der Waals surface area (Å²) in [6, 6.07) is 11.2. The molecule has 0 aromatic heterocycles. The summed E-state index contributed by atoms with van der Waals surface area (Å²) in [7, 11) is 1.62. The monoisotopic (exact) mass is 374 g/mol. The highest BCUT2D eigenvalue weighted by Gasteiger charge is 2.06. The first-order valence-electron chi connectivity index (χ1n) is 5.26. The van der Waals surface area contributed by atoms with E-state index in [1.54, 1.807) is 19.2 Å². The van der Waals surface area contributed by atoms with Crippen LogP contribution in [-0.4, -0.2) is 7.11 Å². The Morgan fingerprint density at radius 1 is 1.17 bits per heavy atom. The van der Waals surface area contributed by atoms with Crippen LogP contribution in [0.15, 0.2) is 36.4 Å². The summed E-state index contributed by atoms with van der Waals surface area (Å²) >= 11 is 8.20. The number of benzene rings is 2. The Labute approximate surface area is 124 Å². The van der Waals surface area contributed by atoms with E-state index in [1.165, 1.54) is 0 Å². The Bertz CT molecular complexity index is 575. The van der Waals surface area contributed by atoms with E-state index in [-0.39, 0.29) is 0 Å². The van der Waals surface area contributed by atoms with Crippen LogP contribution >= 0.6 is 34.2 Å². The topological polar surface area (TPSA) is 47.3 Å². The first kappa shape index (κ1) is 13.3. The van der Waals surface area contributed by atoms with Crippen LogP contribution in [0, 0.1) is 3.57 Å². The van der Waals surface area contributed by atoms with E-state index in [2.05, 4.69) is 27.9 Å². The molecule has 3 nitrogen and oxygen atoms in total. The molecule has 18 heavy (non-hydrogen) atoms. The van der Waals surface area contributed by atoms with Gasteiger partial charge in [-0.2, -0.15) is 0 Å². The normalized spacial score (nSPS) is 10.2. The van der Waals surface area contributed by atoms with Crippen molar-refractivity contribution in [2.45, 2.75) is 0 Å². The van der Waals surface area contributed by atoms with Crippen LogP contribution < -0.4 is 15.8 Å². The van der Waals surface area contributed by atoms with E-state index in [0.29, 0.717) is 10.7 Å². The smallest absolute Gasteiger partial charge is 0.142 e. The largest absolute Gasteiger partial charge is 0.495 e. The van der Waals surface area contributed by atoms with Crippen molar-refractivity contribution in [1.82, 2.24) is 0 Å². The van der Waals surface area contributed by atoms with Crippen LogP contribution in [-0.2, 0) is 0 Å². The summed E-state index contributed by atoms with van der Waals surface area (Å²) in [4.78, 5) is 0. The second kappa shape index (κ2) is 5.67. The molecule has 3 N–H and O–H groups in total. The minimum absolute atomic E-state index is 0.641. The number of halogens is 2. The third kappa shape index (κ3) is 3.00. The SMILES string of the molecule is COc1ccc(Cl)cc1Nc1ccc(I)cc1N. The third-order valence-electron chi connectivity index (χ3n) is 2.44. The Morgan fingerprint density at radius 2 is 1.94 bits per heavy atom. The molecule has 2 rings (SSSR count). The maximum atomic E-state index is 5.98. The standard InChI is InChI=1S/C13H12ClIN2O/c1-18-13-5-2-8(14)6-12(13)17-11-4-3-9(15)7-10(11)16/h2-7,17H,16H2,1H3. The van der Waals surface area contributed by atoms with Gasteiger partial charge in [-0.15, -0.1) is 0 Å². The molecular formula is C13H12ClIN2O. The lowest BCUT2D eigenvalue weighted by Gasteiger charge is -2.13. The molecule has 0 atom stereocenters. The van der Waals surface area contributed by atoms with Gasteiger partial charge in [-0.25, -0.2) is 0 Å². The van der Waals surface area contributed by atoms with Crippen molar-refractivity contribution in [3.05, 3.63) is 45.0 Å². The molecule has 0 heterocycles. The fourth-order valence-electron chi connectivity index (χ4n) is 1.57. The van der Waals surface area contributed by atoms with E-state index >= 15 is 0 Å². The van der Waals surface area contributed by atoms with E-state index in [1.807, 2.05) is 24.3 Å². The van der Waals surface area contributed by atoms with Gasteiger partial charge >= 0.3 is 0 Å². The highest BCUT2D eigenvalue weighted by Crippen LogP contribution is 2.32. The summed E-state index contributed by atoms with van der Waals surface area (Å²) in [6.07, 6.45) is 0. The molecule has 5 heteroatoms. The number of methoxy groups -OCH3 is 1. The average molecular weight is 375 g/mol. The molecular weight excluding hydrogens is 363 g/mol. The van der Waals surface area contributed by atoms with Gasteiger partial charge in [-0.1, -0.05) is 11.6 Å². The number of nitrogens with two attached hydrogens (primary N) is 1. The van der Waals surface area contributed by atoms with E-state index < -0.39 is 0 Å². The highest BCUT2D eigenvalue weighted by molar-refractivity contribution is 14.1. The molecule has 0 spiro atoms. The Morgan fingerprint density at radius 3 is 2.61 bits per heavy atom. The van der Waals surface area contributed by atoms with Crippen molar-refractivity contribution in [1.29, 1.82) is 0 Å². The molecule has 0 radical (unpaired) electrons. The van der Waals surface area contributed by atoms with Gasteiger partial charge in [-0.05, 0) is 59.0 Å². The maximum absolute atomic E-state index is 5.98. The van der Waals surface area contributed by atoms with Crippen molar-refractivity contribution in [3.8, 4) is 5.75 Å². The molecule has 2 aromatic rings. The number of rotatable bonds is 3. The second-order valence-corrected chi connectivity index (χ2v) is 5.38. The van der Waals surface area contributed by atoms with Gasteiger partial charge in [0.05, 0.1) is 24.2 Å². The number of anilines is 3. The zero-order valence-electron chi connectivity index (χ0n) is 9.71.